The van der Waals surface area contributed by atoms with E-state index in [0.29, 0.717) is 5.56 Å². The van der Waals surface area contributed by atoms with Gasteiger partial charge in [0.25, 0.3) is 0 Å². The van der Waals surface area contributed by atoms with E-state index in [9.17, 15) is 19.3 Å². The summed E-state index contributed by atoms with van der Waals surface area (Å²) in [6.07, 6.45) is -3.26. The third kappa shape index (κ3) is 4.84. The van der Waals surface area contributed by atoms with E-state index in [1.54, 1.807) is 36.7 Å². The molecule has 2 aliphatic heterocycles. The Hall–Kier alpha value is -2.64. The monoisotopic (exact) mass is 483 g/mol. The van der Waals surface area contributed by atoms with Gasteiger partial charge in [-0.25, -0.2) is 14.2 Å². The minimum atomic E-state index is -4.13. The number of anilines is 1. The molecule has 5 atom stereocenters. The second-order valence-corrected chi connectivity index (χ2v) is 8.76. The molecule has 13 nitrogen and oxygen atoms in total. The van der Waals surface area contributed by atoms with Gasteiger partial charge in [-0.3, -0.25) is 28.8 Å². The van der Waals surface area contributed by atoms with Crippen LogP contribution in [-0.4, -0.2) is 57.4 Å². The predicted molar refractivity (Wildman–Crippen MR) is 109 cm³/mol. The normalized spacial score (nSPS) is 28.8. The summed E-state index contributed by atoms with van der Waals surface area (Å²) in [4.78, 5) is 27.9. The number of phosphoric acid groups is 1. The van der Waals surface area contributed by atoms with E-state index in [2.05, 4.69) is 4.98 Å². The van der Waals surface area contributed by atoms with Crippen LogP contribution < -0.4 is 11.2 Å². The van der Waals surface area contributed by atoms with E-state index in [4.69, 9.17) is 28.3 Å². The van der Waals surface area contributed by atoms with Crippen LogP contribution in [0.2, 0.25) is 0 Å². The number of aliphatic hydroxyl groups excluding tert-OH is 1. The van der Waals surface area contributed by atoms with E-state index in [-0.39, 0.29) is 31.2 Å². The fourth-order valence-electron chi connectivity index (χ4n) is 3.50. The molecule has 0 saturated carbocycles. The lowest BCUT2D eigenvalue weighted by molar-refractivity contribution is -0.0731. The van der Waals surface area contributed by atoms with E-state index in [1.165, 1.54) is 12.3 Å². The summed E-state index contributed by atoms with van der Waals surface area (Å²) in [7, 11) is -4.13. The number of phosphoric ester groups is 1. The first kappa shape index (κ1) is 23.5. The molecule has 0 bridgehead atoms. The molecule has 14 heteroatoms. The molecular formula is C19H22N3O10P. The molecule has 1 unspecified atom stereocenters. The van der Waals surface area contributed by atoms with Gasteiger partial charge in [-0.05, 0) is 24.6 Å². The van der Waals surface area contributed by atoms with Crippen molar-refractivity contribution in [3.05, 3.63) is 58.1 Å². The number of aliphatic hydroxyl groups is 1. The van der Waals surface area contributed by atoms with Crippen LogP contribution >= 0.6 is 7.82 Å². The van der Waals surface area contributed by atoms with Crippen LogP contribution in [0.1, 0.15) is 29.1 Å². The van der Waals surface area contributed by atoms with Crippen LogP contribution in [0.25, 0.3) is 0 Å². The fourth-order valence-corrected chi connectivity index (χ4v) is 4.88. The van der Waals surface area contributed by atoms with E-state index >= 15 is 0 Å². The molecule has 0 aliphatic carbocycles. The molecule has 3 N–H and O–H groups in total. The smallest absolute Gasteiger partial charge is 0.462 e. The van der Waals surface area contributed by atoms with E-state index in [1.807, 2.05) is 0 Å². The van der Waals surface area contributed by atoms with Gasteiger partial charge in [-0.15, -0.1) is 0 Å². The lowest BCUT2D eigenvalue weighted by atomic mass is 10.1. The van der Waals surface area contributed by atoms with Gasteiger partial charge in [-0.2, -0.15) is 4.98 Å². The number of fused-ring (bicyclic) bond motifs is 1. The topological polar surface area (TPSA) is 168 Å². The maximum absolute atomic E-state index is 13.0. The van der Waals surface area contributed by atoms with Crippen molar-refractivity contribution in [2.75, 3.05) is 18.7 Å². The molecule has 2 aliphatic rings. The summed E-state index contributed by atoms with van der Waals surface area (Å²) in [5.41, 5.74) is 1.61. The number of rotatable bonds is 7. The molecule has 4 rings (SSSR count). The Morgan fingerprint density at radius 2 is 2.15 bits per heavy atom. The summed E-state index contributed by atoms with van der Waals surface area (Å²) >= 11 is 0. The summed E-state index contributed by atoms with van der Waals surface area (Å²) in [6, 6.07) is 7.79. The second-order valence-electron chi connectivity index (χ2n) is 7.13. The first-order valence-electron chi connectivity index (χ1n) is 10.0. The van der Waals surface area contributed by atoms with Crippen LogP contribution in [0, 0.1) is 0 Å². The third-order valence-corrected chi connectivity index (χ3v) is 6.48. The summed E-state index contributed by atoms with van der Waals surface area (Å²) in [5.74, 6) is -0.633. The first-order valence-corrected chi connectivity index (χ1v) is 11.5. The molecular weight excluding hydrogens is 461 g/mol. The second kappa shape index (κ2) is 9.69. The number of benzene rings is 1. The molecule has 3 heterocycles. The van der Waals surface area contributed by atoms with Gasteiger partial charge in [0, 0.05) is 6.20 Å². The highest BCUT2D eigenvalue weighted by Crippen LogP contribution is 2.57. The number of nitrogens with zero attached hydrogens (tertiary/aromatic N) is 2. The number of nitrogens with one attached hydrogen (secondary N) is 1. The average Bonchev–Trinajstić information content (AvgIpc) is 3.13. The van der Waals surface area contributed by atoms with Crippen molar-refractivity contribution in [2.24, 2.45) is 0 Å². The molecule has 2 saturated heterocycles. The molecule has 1 aromatic carbocycles. The fraction of sp³-hybridized carbons (Fsp3) is 0.421. The van der Waals surface area contributed by atoms with Gasteiger partial charge in [0.2, 0.25) is 0 Å². The van der Waals surface area contributed by atoms with Gasteiger partial charge >= 0.3 is 19.5 Å². The minimum Gasteiger partial charge on any atom is -0.462 e. The van der Waals surface area contributed by atoms with Crippen LogP contribution in [-0.2, 0) is 34.2 Å². The zero-order valence-electron chi connectivity index (χ0n) is 17.4. The standard InChI is InChI=1S/C19H22N3O10P/c1-2-28-18(24)12-6-4-3-5-11(12)9-29-33(27)30-10-13-16(32-33)15(23)17(31-13)22-8-7-14(21-26)20-19(22)25/h3-8,13,15-17,23,26H,2,9-10H2,1H3,(H,20,21,25)/t13-,15-,16-,17-,33?/m1/s1. The Morgan fingerprint density at radius 3 is 2.88 bits per heavy atom. The van der Waals surface area contributed by atoms with Gasteiger partial charge in [0.05, 0.1) is 25.4 Å². The third-order valence-electron chi connectivity index (χ3n) is 5.07. The Labute approximate surface area is 187 Å². The average molecular weight is 483 g/mol. The molecule has 33 heavy (non-hydrogen) atoms. The van der Waals surface area contributed by atoms with Crippen molar-refractivity contribution in [1.29, 1.82) is 0 Å². The van der Waals surface area contributed by atoms with Gasteiger partial charge in [0.15, 0.2) is 12.0 Å². The molecule has 0 spiro atoms. The maximum Gasteiger partial charge on any atom is 0.475 e. The Morgan fingerprint density at radius 1 is 1.36 bits per heavy atom. The summed E-state index contributed by atoms with van der Waals surface area (Å²) in [5, 5.41) is 19.5. The first-order chi connectivity index (χ1) is 15.8. The van der Waals surface area contributed by atoms with Gasteiger partial charge < -0.3 is 14.6 Å². The van der Waals surface area contributed by atoms with Crippen molar-refractivity contribution in [2.45, 2.75) is 38.1 Å². The zero-order valence-corrected chi connectivity index (χ0v) is 18.3. The quantitative estimate of drug-likeness (QED) is 0.293. The Kier molecular flexibility index (Phi) is 6.91. The Bertz CT molecular complexity index is 1120. The van der Waals surface area contributed by atoms with Crippen LogP contribution in [0.4, 0.5) is 5.82 Å². The number of esters is 1. The van der Waals surface area contributed by atoms with Crippen molar-refractivity contribution in [1.82, 2.24) is 9.55 Å². The van der Waals surface area contributed by atoms with Gasteiger partial charge in [-0.1, -0.05) is 18.2 Å². The molecule has 178 valence electrons. The highest BCUT2D eigenvalue weighted by Gasteiger charge is 2.53. The van der Waals surface area contributed by atoms with Crippen molar-refractivity contribution < 1.29 is 42.7 Å². The predicted octanol–water partition coefficient (Wildman–Crippen LogP) is 1.22. The number of carbonyl (C=O) groups excluding carboxylic acids is 1. The van der Waals surface area contributed by atoms with Crippen LogP contribution in [0.5, 0.6) is 0 Å². The summed E-state index contributed by atoms with van der Waals surface area (Å²) in [6.45, 7) is 1.37. The van der Waals surface area contributed by atoms with E-state index < -0.39 is 44.0 Å². The van der Waals surface area contributed by atoms with Crippen molar-refractivity contribution in [3.8, 4) is 0 Å². The zero-order chi connectivity index (χ0) is 23.6. The number of ether oxygens (including phenoxy) is 2. The largest absolute Gasteiger partial charge is 0.475 e. The molecule has 0 radical (unpaired) electrons. The molecule has 1 aromatic heterocycles. The lowest BCUT2D eigenvalue weighted by Gasteiger charge is -2.30. The summed E-state index contributed by atoms with van der Waals surface area (Å²) < 4.78 is 40.8. The van der Waals surface area contributed by atoms with Crippen molar-refractivity contribution in [3.63, 3.8) is 0 Å². The number of aromatic nitrogens is 2. The lowest BCUT2D eigenvalue weighted by Crippen LogP contribution is -2.40. The number of hydrogen-bond donors (Lipinski definition) is 3. The Balaban J connectivity index is 1.46. The van der Waals surface area contributed by atoms with Crippen LogP contribution in [0.3, 0.4) is 0 Å². The number of carbonyl (C=O) groups is 1. The van der Waals surface area contributed by atoms with Gasteiger partial charge in [0.1, 0.15) is 18.3 Å². The highest BCUT2D eigenvalue weighted by molar-refractivity contribution is 7.48. The highest BCUT2D eigenvalue weighted by atomic mass is 31.2. The van der Waals surface area contributed by atoms with Crippen LogP contribution in [0.15, 0.2) is 41.3 Å². The van der Waals surface area contributed by atoms with Crippen molar-refractivity contribution >= 4 is 19.6 Å². The van der Waals surface area contributed by atoms with E-state index in [0.717, 1.165) is 4.57 Å². The SMILES string of the molecule is CCOC(=O)c1ccccc1COP1(=O)OC[C@H]2O[C@@H](n3ccc(NO)nc3=O)[C@H](O)[C@@H]2O1. The molecule has 2 fully saturated rings. The maximum atomic E-state index is 13.0. The molecule has 2 aromatic rings. The number of hydrogen-bond acceptors (Lipinski definition) is 12. The minimum absolute atomic E-state index is 0.0817. The molecule has 0 amide bonds.